The Morgan fingerprint density at radius 2 is 1.86 bits per heavy atom. The summed E-state index contributed by atoms with van der Waals surface area (Å²) >= 11 is 7.03. The van der Waals surface area contributed by atoms with Crippen molar-refractivity contribution in [2.45, 2.75) is 26.4 Å². The van der Waals surface area contributed by atoms with Gasteiger partial charge in [-0.05, 0) is 58.7 Å². The van der Waals surface area contributed by atoms with E-state index in [2.05, 4.69) is 41.7 Å². The predicted molar refractivity (Wildman–Crippen MR) is 89.7 cm³/mol. The van der Waals surface area contributed by atoms with Crippen molar-refractivity contribution in [3.63, 3.8) is 0 Å². The summed E-state index contributed by atoms with van der Waals surface area (Å²) in [6, 6.07) is 1.89. The van der Waals surface area contributed by atoms with E-state index in [9.17, 15) is 4.79 Å². The Kier molecular flexibility index (Phi) is 5.14. The third-order valence-corrected chi connectivity index (χ3v) is 5.03. The number of hydrogen-bond donors (Lipinski definition) is 0. The minimum Gasteiger partial charge on any atom is -0.444 e. The molecular weight excluding hydrogens is 402 g/mol. The Bertz CT molecular complexity index is 523. The van der Waals surface area contributed by atoms with Crippen LogP contribution < -0.4 is 4.90 Å². The molecule has 1 amide bonds. The van der Waals surface area contributed by atoms with Gasteiger partial charge in [0, 0.05) is 36.8 Å². The van der Waals surface area contributed by atoms with E-state index in [1.165, 1.54) is 0 Å². The van der Waals surface area contributed by atoms with Crippen molar-refractivity contribution in [2.24, 2.45) is 0 Å². The molecule has 21 heavy (non-hydrogen) atoms. The van der Waals surface area contributed by atoms with Crippen LogP contribution in [0.5, 0.6) is 0 Å². The maximum Gasteiger partial charge on any atom is 0.410 e. The van der Waals surface area contributed by atoms with Crippen molar-refractivity contribution in [1.29, 1.82) is 0 Å². The van der Waals surface area contributed by atoms with Crippen molar-refractivity contribution in [2.75, 3.05) is 31.1 Å². The minimum absolute atomic E-state index is 0.247. The second-order valence-electron chi connectivity index (χ2n) is 5.88. The van der Waals surface area contributed by atoms with Gasteiger partial charge < -0.3 is 14.5 Å². The topological polar surface area (TPSA) is 45.7 Å². The summed E-state index contributed by atoms with van der Waals surface area (Å²) < 4.78 is 7.31. The lowest BCUT2D eigenvalue weighted by Crippen LogP contribution is -2.50. The van der Waals surface area contributed by atoms with Crippen molar-refractivity contribution in [1.82, 2.24) is 9.88 Å². The third-order valence-electron chi connectivity index (χ3n) is 3.05. The van der Waals surface area contributed by atoms with Crippen LogP contribution in [-0.2, 0) is 4.74 Å². The van der Waals surface area contributed by atoms with Crippen LogP contribution in [-0.4, -0.2) is 47.8 Å². The smallest absolute Gasteiger partial charge is 0.410 e. The molecule has 1 aromatic heterocycles. The molecule has 1 aromatic rings. The van der Waals surface area contributed by atoms with Crippen LogP contribution in [0.4, 0.5) is 10.6 Å². The summed E-state index contributed by atoms with van der Waals surface area (Å²) in [5.74, 6) is 0.896. The molecule has 5 nitrogen and oxygen atoms in total. The number of aromatic nitrogens is 1. The van der Waals surface area contributed by atoms with Gasteiger partial charge >= 0.3 is 6.09 Å². The summed E-state index contributed by atoms with van der Waals surface area (Å²) in [7, 11) is 0. The van der Waals surface area contributed by atoms with Crippen LogP contribution in [0.15, 0.2) is 21.2 Å². The van der Waals surface area contributed by atoms with Crippen LogP contribution >= 0.6 is 31.9 Å². The third kappa shape index (κ3) is 4.32. The maximum absolute atomic E-state index is 12.0. The van der Waals surface area contributed by atoms with E-state index < -0.39 is 5.60 Å². The number of carbonyl (C=O) groups is 1. The lowest BCUT2D eigenvalue weighted by atomic mass is 10.2. The Labute approximate surface area is 141 Å². The van der Waals surface area contributed by atoms with Gasteiger partial charge in [0.1, 0.15) is 11.4 Å². The zero-order valence-electron chi connectivity index (χ0n) is 12.4. The molecule has 0 spiro atoms. The molecule has 1 aliphatic rings. The number of ether oxygens (including phenoxy) is 1. The first-order valence-electron chi connectivity index (χ1n) is 6.81. The van der Waals surface area contributed by atoms with Gasteiger partial charge in [0.15, 0.2) is 0 Å². The zero-order chi connectivity index (χ0) is 15.6. The minimum atomic E-state index is -0.455. The molecule has 0 atom stereocenters. The Morgan fingerprint density at radius 1 is 1.24 bits per heavy atom. The van der Waals surface area contributed by atoms with Crippen molar-refractivity contribution >= 4 is 43.8 Å². The molecule has 2 heterocycles. The standard InChI is InChI=1S/C14H19Br2N3O2/c1-14(2,3)21-13(20)19-8-6-18(7-9-19)12-11(16)10(15)4-5-17-12/h4-5H,6-9H2,1-3H3. The summed E-state index contributed by atoms with van der Waals surface area (Å²) in [6.45, 7) is 8.38. The molecule has 0 aliphatic carbocycles. The second kappa shape index (κ2) is 6.52. The first-order valence-corrected chi connectivity index (χ1v) is 8.39. The van der Waals surface area contributed by atoms with Crippen LogP contribution in [0.25, 0.3) is 0 Å². The monoisotopic (exact) mass is 419 g/mol. The van der Waals surface area contributed by atoms with E-state index in [1.807, 2.05) is 26.8 Å². The van der Waals surface area contributed by atoms with Gasteiger partial charge in [0.05, 0.1) is 4.47 Å². The number of pyridine rings is 1. The molecule has 7 heteroatoms. The normalized spacial score (nSPS) is 16.0. The van der Waals surface area contributed by atoms with Gasteiger partial charge in [0.25, 0.3) is 0 Å². The molecule has 116 valence electrons. The SMILES string of the molecule is CC(C)(C)OC(=O)N1CCN(c2nccc(Br)c2Br)CC1. The molecule has 2 rings (SSSR count). The summed E-state index contributed by atoms with van der Waals surface area (Å²) in [4.78, 5) is 20.3. The highest BCUT2D eigenvalue weighted by atomic mass is 79.9. The van der Waals surface area contributed by atoms with Crippen molar-refractivity contribution in [3.05, 3.63) is 21.2 Å². The van der Waals surface area contributed by atoms with Gasteiger partial charge in [-0.2, -0.15) is 0 Å². The molecular formula is C14H19Br2N3O2. The van der Waals surface area contributed by atoms with E-state index in [-0.39, 0.29) is 6.09 Å². The number of halogens is 2. The first-order chi connectivity index (χ1) is 9.78. The fourth-order valence-corrected chi connectivity index (χ4v) is 2.84. The number of carbonyl (C=O) groups excluding carboxylic acids is 1. The number of piperazine rings is 1. The Hall–Kier alpha value is -0.820. The fourth-order valence-electron chi connectivity index (χ4n) is 2.06. The highest BCUT2D eigenvalue weighted by molar-refractivity contribution is 9.13. The molecule has 0 bridgehead atoms. The quantitative estimate of drug-likeness (QED) is 0.695. The van der Waals surface area contributed by atoms with Crippen molar-refractivity contribution < 1.29 is 9.53 Å². The van der Waals surface area contributed by atoms with E-state index in [1.54, 1.807) is 11.1 Å². The lowest BCUT2D eigenvalue weighted by molar-refractivity contribution is 0.0240. The molecule has 1 saturated heterocycles. The summed E-state index contributed by atoms with van der Waals surface area (Å²) in [5.41, 5.74) is -0.455. The number of rotatable bonds is 1. The molecule has 0 unspecified atom stereocenters. The average molecular weight is 421 g/mol. The molecule has 0 N–H and O–H groups in total. The lowest BCUT2D eigenvalue weighted by Gasteiger charge is -2.36. The highest BCUT2D eigenvalue weighted by Crippen LogP contribution is 2.31. The predicted octanol–water partition coefficient (Wildman–Crippen LogP) is 3.66. The van der Waals surface area contributed by atoms with Gasteiger partial charge in [-0.25, -0.2) is 9.78 Å². The average Bonchev–Trinajstić information content (AvgIpc) is 2.40. The molecule has 0 radical (unpaired) electrons. The largest absolute Gasteiger partial charge is 0.444 e. The second-order valence-corrected chi connectivity index (χ2v) is 7.53. The van der Waals surface area contributed by atoms with E-state index >= 15 is 0 Å². The number of anilines is 1. The molecule has 0 saturated carbocycles. The van der Waals surface area contributed by atoms with Crippen LogP contribution in [0.3, 0.4) is 0 Å². The summed E-state index contributed by atoms with van der Waals surface area (Å²) in [5, 5.41) is 0. The van der Waals surface area contributed by atoms with Crippen molar-refractivity contribution in [3.8, 4) is 0 Å². The van der Waals surface area contributed by atoms with E-state index in [0.29, 0.717) is 13.1 Å². The molecule has 1 aliphatic heterocycles. The molecule has 0 aromatic carbocycles. The van der Waals surface area contributed by atoms with Crippen LogP contribution in [0.2, 0.25) is 0 Å². The number of nitrogens with zero attached hydrogens (tertiary/aromatic N) is 3. The Balaban J connectivity index is 1.97. The van der Waals surface area contributed by atoms with Crippen LogP contribution in [0, 0.1) is 0 Å². The first kappa shape index (κ1) is 16.5. The number of amides is 1. The highest BCUT2D eigenvalue weighted by Gasteiger charge is 2.27. The van der Waals surface area contributed by atoms with E-state index in [4.69, 9.17) is 4.74 Å². The van der Waals surface area contributed by atoms with Gasteiger partial charge in [-0.3, -0.25) is 0 Å². The van der Waals surface area contributed by atoms with Gasteiger partial charge in [-0.1, -0.05) is 0 Å². The van der Waals surface area contributed by atoms with Gasteiger partial charge in [0.2, 0.25) is 0 Å². The maximum atomic E-state index is 12.0. The van der Waals surface area contributed by atoms with Gasteiger partial charge in [-0.15, -0.1) is 0 Å². The van der Waals surface area contributed by atoms with Crippen LogP contribution in [0.1, 0.15) is 20.8 Å². The zero-order valence-corrected chi connectivity index (χ0v) is 15.6. The summed E-state index contributed by atoms with van der Waals surface area (Å²) in [6.07, 6.45) is 1.52. The van der Waals surface area contributed by atoms with E-state index in [0.717, 1.165) is 27.9 Å². The fraction of sp³-hybridized carbons (Fsp3) is 0.571. The number of hydrogen-bond acceptors (Lipinski definition) is 4. The molecule has 1 fully saturated rings. The Morgan fingerprint density at radius 3 is 2.43 bits per heavy atom.